The van der Waals surface area contributed by atoms with E-state index >= 15 is 0 Å². The molecule has 0 spiro atoms. The van der Waals surface area contributed by atoms with Gasteiger partial charge in [0.1, 0.15) is 23.7 Å². The van der Waals surface area contributed by atoms with E-state index in [4.69, 9.17) is 20.9 Å². The van der Waals surface area contributed by atoms with Crippen LogP contribution >= 0.6 is 11.8 Å². The number of halogens is 1. The minimum absolute atomic E-state index is 0.374. The van der Waals surface area contributed by atoms with Gasteiger partial charge in [-0.15, -0.1) is 0 Å². The molecule has 4 rings (SSSR count). The molecule has 0 unspecified atom stereocenters. The zero-order chi connectivity index (χ0) is 17.9. The minimum Gasteiger partial charge on any atom is -0.489 e. The van der Waals surface area contributed by atoms with E-state index in [9.17, 15) is 0 Å². The summed E-state index contributed by atoms with van der Waals surface area (Å²) in [5, 5.41) is 1.14. The first kappa shape index (κ1) is 17.4. The van der Waals surface area contributed by atoms with Gasteiger partial charge in [-0.05, 0) is 61.7 Å². The SMILES string of the molecule is Cc1oc2ccc(OCc3ccccc3)cc2c1C[C@H]1CCCCN1Cl. The largest absolute Gasteiger partial charge is 0.489 e. The zero-order valence-corrected chi connectivity index (χ0v) is 15.8. The monoisotopic (exact) mass is 369 g/mol. The molecule has 1 saturated heterocycles. The predicted molar refractivity (Wildman–Crippen MR) is 106 cm³/mol. The molecule has 2 heterocycles. The highest BCUT2D eigenvalue weighted by Crippen LogP contribution is 2.32. The van der Waals surface area contributed by atoms with Gasteiger partial charge < -0.3 is 9.15 Å². The zero-order valence-electron chi connectivity index (χ0n) is 15.1. The third-order valence-corrected chi connectivity index (χ3v) is 5.65. The maximum atomic E-state index is 6.43. The van der Waals surface area contributed by atoms with Crippen LogP contribution in [0.3, 0.4) is 0 Å². The summed E-state index contributed by atoms with van der Waals surface area (Å²) in [6.07, 6.45) is 4.49. The third-order valence-electron chi connectivity index (χ3n) is 5.21. The highest BCUT2D eigenvalue weighted by Gasteiger charge is 2.24. The summed E-state index contributed by atoms with van der Waals surface area (Å²) in [5.74, 6) is 1.85. The topological polar surface area (TPSA) is 25.6 Å². The molecule has 136 valence electrons. The fraction of sp³-hybridized carbons (Fsp3) is 0.364. The Morgan fingerprint density at radius 2 is 2.00 bits per heavy atom. The van der Waals surface area contributed by atoms with Crippen molar-refractivity contribution >= 4 is 22.7 Å². The number of piperidine rings is 1. The molecule has 1 fully saturated rings. The van der Waals surface area contributed by atoms with Gasteiger partial charge in [0, 0.05) is 23.5 Å². The molecular formula is C22H24ClNO2. The number of fused-ring (bicyclic) bond motifs is 1. The standard InChI is InChI=1S/C22H24ClNO2/c1-16-20(13-18-9-5-6-12-24(18)23)21-14-19(10-11-22(21)26-16)25-15-17-7-3-2-4-8-17/h2-4,7-8,10-11,14,18H,5-6,9,12-13,15H2,1H3/t18-/m1/s1. The van der Waals surface area contributed by atoms with Crippen LogP contribution in [0.2, 0.25) is 0 Å². The molecule has 0 radical (unpaired) electrons. The predicted octanol–water partition coefficient (Wildman–Crippen LogP) is 5.87. The third kappa shape index (κ3) is 3.74. The van der Waals surface area contributed by atoms with Gasteiger partial charge in [0.25, 0.3) is 0 Å². The molecule has 26 heavy (non-hydrogen) atoms. The van der Waals surface area contributed by atoms with Crippen molar-refractivity contribution in [3.05, 3.63) is 65.4 Å². The van der Waals surface area contributed by atoms with Gasteiger partial charge in [0.05, 0.1) is 0 Å². The summed E-state index contributed by atoms with van der Waals surface area (Å²) < 4.78 is 13.9. The van der Waals surface area contributed by atoms with Crippen LogP contribution in [0.25, 0.3) is 11.0 Å². The summed E-state index contributed by atoms with van der Waals surface area (Å²) >= 11 is 6.43. The number of rotatable bonds is 5. The van der Waals surface area contributed by atoms with Crippen molar-refractivity contribution in [1.29, 1.82) is 0 Å². The van der Waals surface area contributed by atoms with Crippen molar-refractivity contribution in [2.75, 3.05) is 6.54 Å². The van der Waals surface area contributed by atoms with Crippen molar-refractivity contribution in [2.45, 2.75) is 45.3 Å². The lowest BCUT2D eigenvalue weighted by atomic mass is 9.96. The molecule has 2 aromatic carbocycles. The van der Waals surface area contributed by atoms with Crippen LogP contribution in [-0.2, 0) is 13.0 Å². The molecule has 4 heteroatoms. The second kappa shape index (κ2) is 7.73. The number of benzene rings is 2. The summed E-state index contributed by atoms with van der Waals surface area (Å²) in [6.45, 7) is 3.57. The number of aryl methyl sites for hydroxylation is 1. The smallest absolute Gasteiger partial charge is 0.134 e. The van der Waals surface area contributed by atoms with E-state index < -0.39 is 0 Å². The minimum atomic E-state index is 0.374. The van der Waals surface area contributed by atoms with Gasteiger partial charge in [-0.3, -0.25) is 0 Å². The Bertz CT molecular complexity index is 874. The van der Waals surface area contributed by atoms with Crippen molar-refractivity contribution in [1.82, 2.24) is 4.42 Å². The molecular weight excluding hydrogens is 346 g/mol. The van der Waals surface area contributed by atoms with E-state index in [-0.39, 0.29) is 0 Å². The maximum absolute atomic E-state index is 6.43. The number of hydrogen-bond acceptors (Lipinski definition) is 3. The quantitative estimate of drug-likeness (QED) is 0.526. The van der Waals surface area contributed by atoms with Crippen molar-refractivity contribution < 1.29 is 9.15 Å². The van der Waals surface area contributed by atoms with Crippen LogP contribution in [0.5, 0.6) is 5.75 Å². The average molecular weight is 370 g/mol. The van der Waals surface area contributed by atoms with Crippen molar-refractivity contribution in [3.8, 4) is 5.75 Å². The molecule has 0 bridgehead atoms. The van der Waals surface area contributed by atoms with E-state index in [0.29, 0.717) is 12.6 Å². The van der Waals surface area contributed by atoms with Gasteiger partial charge in [-0.2, -0.15) is 0 Å². The molecule has 0 N–H and O–H groups in total. The van der Waals surface area contributed by atoms with Crippen LogP contribution < -0.4 is 4.74 Å². The Labute approximate surface area is 159 Å². The van der Waals surface area contributed by atoms with E-state index in [2.05, 4.69) is 18.2 Å². The van der Waals surface area contributed by atoms with Gasteiger partial charge in [0.2, 0.25) is 0 Å². The van der Waals surface area contributed by atoms with Gasteiger partial charge in [0.15, 0.2) is 0 Å². The van der Waals surface area contributed by atoms with E-state index in [1.54, 1.807) is 0 Å². The normalized spacial score (nSPS) is 18.3. The lowest BCUT2D eigenvalue weighted by Crippen LogP contribution is -2.33. The number of furan rings is 1. The first-order valence-corrected chi connectivity index (χ1v) is 9.65. The van der Waals surface area contributed by atoms with E-state index in [1.807, 2.05) is 41.7 Å². The van der Waals surface area contributed by atoms with Crippen LogP contribution in [0.15, 0.2) is 52.9 Å². The van der Waals surface area contributed by atoms with Crippen molar-refractivity contribution in [3.63, 3.8) is 0 Å². The number of ether oxygens (including phenoxy) is 1. The first-order valence-electron chi connectivity index (χ1n) is 9.32. The Morgan fingerprint density at radius 3 is 2.81 bits per heavy atom. The molecule has 1 aliphatic heterocycles. The highest BCUT2D eigenvalue weighted by atomic mass is 35.5. The number of hydrogen-bond donors (Lipinski definition) is 0. The lowest BCUT2D eigenvalue weighted by molar-refractivity contribution is 0.261. The Morgan fingerprint density at radius 1 is 1.15 bits per heavy atom. The molecule has 0 saturated carbocycles. The van der Waals surface area contributed by atoms with Gasteiger partial charge >= 0.3 is 0 Å². The molecule has 3 nitrogen and oxygen atoms in total. The summed E-state index contributed by atoms with van der Waals surface area (Å²) in [4.78, 5) is 0. The number of nitrogens with zero attached hydrogens (tertiary/aromatic N) is 1. The van der Waals surface area contributed by atoms with Crippen molar-refractivity contribution in [2.24, 2.45) is 0 Å². The Balaban J connectivity index is 1.56. The molecule has 1 aromatic heterocycles. The fourth-order valence-corrected chi connectivity index (χ4v) is 4.02. The van der Waals surface area contributed by atoms with Crippen LogP contribution in [-0.4, -0.2) is 17.0 Å². The van der Waals surface area contributed by atoms with Crippen LogP contribution in [0.4, 0.5) is 0 Å². The summed E-state index contributed by atoms with van der Waals surface area (Å²) in [6, 6.07) is 16.7. The first-order chi connectivity index (χ1) is 12.7. The average Bonchev–Trinajstić information content (AvgIpc) is 2.97. The van der Waals surface area contributed by atoms with Gasteiger partial charge in [-0.25, -0.2) is 4.42 Å². The van der Waals surface area contributed by atoms with E-state index in [0.717, 1.165) is 47.4 Å². The molecule has 3 aromatic rings. The summed E-state index contributed by atoms with van der Waals surface area (Å²) in [5.41, 5.74) is 3.33. The molecule has 0 aliphatic carbocycles. The maximum Gasteiger partial charge on any atom is 0.134 e. The van der Waals surface area contributed by atoms with E-state index in [1.165, 1.54) is 18.4 Å². The lowest BCUT2D eigenvalue weighted by Gasteiger charge is -2.29. The second-order valence-electron chi connectivity index (χ2n) is 7.05. The van der Waals surface area contributed by atoms with Crippen LogP contribution in [0.1, 0.15) is 36.1 Å². The van der Waals surface area contributed by atoms with Crippen LogP contribution in [0, 0.1) is 6.92 Å². The molecule has 1 aliphatic rings. The fourth-order valence-electron chi connectivity index (χ4n) is 3.74. The molecule has 0 amide bonds. The highest BCUT2D eigenvalue weighted by molar-refractivity contribution is 6.13. The summed E-state index contributed by atoms with van der Waals surface area (Å²) in [7, 11) is 0. The van der Waals surface area contributed by atoms with Gasteiger partial charge in [-0.1, -0.05) is 36.8 Å². The Kier molecular flexibility index (Phi) is 5.18. The Hall–Kier alpha value is -1.97. The molecule has 1 atom stereocenters. The second-order valence-corrected chi connectivity index (χ2v) is 7.48.